The first kappa shape index (κ1) is 22.5. The maximum Gasteiger partial charge on any atom is 0.258 e. The molecule has 0 fully saturated rings. The van der Waals surface area contributed by atoms with Gasteiger partial charge in [-0.2, -0.15) is 4.37 Å². The van der Waals surface area contributed by atoms with Gasteiger partial charge in [0.25, 0.3) is 11.8 Å². The number of carbonyl (C=O) groups is 2. The standard InChI is InChI=1S/C25H25N5O2S/c1-15-22(21(33-30-15)13-18-14-26-19-10-5-6-11-20(19)27-18)24(32)28-17-9-7-8-16(12-17)23(31)29-25(2,3)4/h5-12,14H,13H2,1-4H3,(H,28,32)(H,29,31). The van der Waals surface area contributed by atoms with E-state index in [1.54, 1.807) is 30.5 Å². The largest absolute Gasteiger partial charge is 0.347 e. The van der Waals surface area contributed by atoms with E-state index >= 15 is 0 Å². The molecule has 168 valence electrons. The molecule has 2 amide bonds. The topological polar surface area (TPSA) is 96.9 Å². The zero-order chi connectivity index (χ0) is 23.6. The van der Waals surface area contributed by atoms with Gasteiger partial charge < -0.3 is 10.6 Å². The van der Waals surface area contributed by atoms with Gasteiger partial charge in [-0.3, -0.25) is 14.6 Å². The molecular weight excluding hydrogens is 434 g/mol. The molecule has 2 N–H and O–H groups in total. The van der Waals surface area contributed by atoms with Crippen LogP contribution in [0.4, 0.5) is 5.69 Å². The quantitative estimate of drug-likeness (QED) is 0.448. The van der Waals surface area contributed by atoms with Gasteiger partial charge in [-0.25, -0.2) is 4.98 Å². The number of benzene rings is 2. The van der Waals surface area contributed by atoms with Crippen LogP contribution in [-0.4, -0.2) is 31.7 Å². The van der Waals surface area contributed by atoms with Crippen molar-refractivity contribution >= 4 is 40.1 Å². The van der Waals surface area contributed by atoms with E-state index in [1.165, 1.54) is 11.5 Å². The summed E-state index contributed by atoms with van der Waals surface area (Å²) in [7, 11) is 0. The predicted molar refractivity (Wildman–Crippen MR) is 131 cm³/mol. The summed E-state index contributed by atoms with van der Waals surface area (Å²) in [5, 5.41) is 5.84. The normalized spacial score (nSPS) is 11.4. The van der Waals surface area contributed by atoms with Crippen molar-refractivity contribution in [1.82, 2.24) is 19.7 Å². The van der Waals surface area contributed by atoms with Gasteiger partial charge in [-0.15, -0.1) is 0 Å². The number of nitrogens with one attached hydrogen (secondary N) is 2. The number of amides is 2. The molecule has 0 saturated carbocycles. The Balaban J connectivity index is 1.54. The molecule has 0 aliphatic carbocycles. The molecule has 7 nitrogen and oxygen atoms in total. The van der Waals surface area contributed by atoms with Gasteiger partial charge in [0.2, 0.25) is 0 Å². The number of rotatable bonds is 5. The minimum atomic E-state index is -0.351. The van der Waals surface area contributed by atoms with E-state index in [0.717, 1.165) is 21.6 Å². The molecule has 33 heavy (non-hydrogen) atoms. The average molecular weight is 460 g/mol. The summed E-state index contributed by atoms with van der Waals surface area (Å²) in [5.74, 6) is -0.457. The van der Waals surface area contributed by atoms with Gasteiger partial charge in [0.05, 0.1) is 28.0 Å². The summed E-state index contributed by atoms with van der Waals surface area (Å²) < 4.78 is 4.39. The van der Waals surface area contributed by atoms with Gasteiger partial charge in [0.1, 0.15) is 0 Å². The van der Waals surface area contributed by atoms with Crippen LogP contribution in [0.3, 0.4) is 0 Å². The number of para-hydroxylation sites is 2. The molecule has 4 rings (SSSR count). The monoisotopic (exact) mass is 459 g/mol. The fraction of sp³-hybridized carbons (Fsp3) is 0.240. The molecule has 4 aromatic rings. The van der Waals surface area contributed by atoms with Gasteiger partial charge in [0, 0.05) is 34.3 Å². The van der Waals surface area contributed by atoms with Crippen molar-refractivity contribution in [2.24, 2.45) is 0 Å². The van der Waals surface area contributed by atoms with E-state index in [1.807, 2.05) is 52.0 Å². The van der Waals surface area contributed by atoms with Crippen molar-refractivity contribution in [3.05, 3.63) is 82.1 Å². The first-order chi connectivity index (χ1) is 15.7. The molecule has 0 saturated heterocycles. The highest BCUT2D eigenvalue weighted by atomic mass is 32.1. The molecule has 0 spiro atoms. The van der Waals surface area contributed by atoms with Crippen LogP contribution in [-0.2, 0) is 6.42 Å². The fourth-order valence-corrected chi connectivity index (χ4v) is 4.30. The van der Waals surface area contributed by atoms with E-state index in [9.17, 15) is 9.59 Å². The smallest absolute Gasteiger partial charge is 0.258 e. The van der Waals surface area contributed by atoms with E-state index in [0.29, 0.717) is 28.9 Å². The summed E-state index contributed by atoms with van der Waals surface area (Å²) >= 11 is 1.29. The Morgan fingerprint density at radius 1 is 1.00 bits per heavy atom. The number of fused-ring (bicyclic) bond motifs is 1. The fourth-order valence-electron chi connectivity index (χ4n) is 3.42. The Bertz CT molecular complexity index is 1340. The Kier molecular flexibility index (Phi) is 6.20. The molecule has 2 aromatic carbocycles. The number of nitrogens with zero attached hydrogens (tertiary/aromatic N) is 3. The van der Waals surface area contributed by atoms with Gasteiger partial charge >= 0.3 is 0 Å². The van der Waals surface area contributed by atoms with E-state index in [4.69, 9.17) is 0 Å². The van der Waals surface area contributed by atoms with Crippen molar-refractivity contribution < 1.29 is 9.59 Å². The maximum atomic E-state index is 13.1. The van der Waals surface area contributed by atoms with Crippen LogP contribution in [0.5, 0.6) is 0 Å². The molecule has 8 heteroatoms. The molecule has 0 aliphatic heterocycles. The second kappa shape index (κ2) is 9.07. The molecule has 2 aromatic heterocycles. The first-order valence-corrected chi connectivity index (χ1v) is 11.4. The van der Waals surface area contributed by atoms with E-state index in [-0.39, 0.29) is 17.4 Å². The molecule has 0 radical (unpaired) electrons. The lowest BCUT2D eigenvalue weighted by Crippen LogP contribution is -2.40. The van der Waals surface area contributed by atoms with Crippen LogP contribution in [0, 0.1) is 6.92 Å². The number of aromatic nitrogens is 3. The molecule has 0 bridgehead atoms. The highest BCUT2D eigenvalue weighted by molar-refractivity contribution is 7.06. The highest BCUT2D eigenvalue weighted by Crippen LogP contribution is 2.24. The van der Waals surface area contributed by atoms with Crippen LogP contribution in [0.15, 0.2) is 54.7 Å². The minimum absolute atomic E-state index is 0.192. The third-order valence-electron chi connectivity index (χ3n) is 4.87. The highest BCUT2D eigenvalue weighted by Gasteiger charge is 2.20. The Morgan fingerprint density at radius 3 is 2.52 bits per heavy atom. The Morgan fingerprint density at radius 2 is 1.76 bits per heavy atom. The number of aryl methyl sites for hydroxylation is 1. The third kappa shape index (κ3) is 5.40. The number of carbonyl (C=O) groups excluding carboxylic acids is 2. The first-order valence-electron chi connectivity index (χ1n) is 10.6. The van der Waals surface area contributed by atoms with Gasteiger partial charge in [-0.05, 0) is 69.6 Å². The number of anilines is 1. The second-order valence-corrected chi connectivity index (χ2v) is 9.69. The number of hydrogen-bond donors (Lipinski definition) is 2. The van der Waals surface area contributed by atoms with E-state index in [2.05, 4.69) is 25.0 Å². The van der Waals surface area contributed by atoms with Gasteiger partial charge in [-0.1, -0.05) is 18.2 Å². The SMILES string of the molecule is Cc1nsc(Cc2cnc3ccccc3n2)c1C(=O)Nc1cccc(C(=O)NC(C)(C)C)c1. The number of hydrogen-bond acceptors (Lipinski definition) is 6. The maximum absolute atomic E-state index is 13.1. The Hall–Kier alpha value is -3.65. The zero-order valence-electron chi connectivity index (χ0n) is 19.0. The lowest BCUT2D eigenvalue weighted by atomic mass is 10.1. The molecule has 0 atom stereocenters. The van der Waals surface area contributed by atoms with Crippen molar-refractivity contribution in [2.45, 2.75) is 39.7 Å². The van der Waals surface area contributed by atoms with Gasteiger partial charge in [0.15, 0.2) is 0 Å². The second-order valence-electron chi connectivity index (χ2n) is 8.83. The third-order valence-corrected chi connectivity index (χ3v) is 5.81. The minimum Gasteiger partial charge on any atom is -0.347 e. The molecular formula is C25H25N5O2S. The molecule has 0 aliphatic rings. The Labute approximate surface area is 196 Å². The van der Waals surface area contributed by atoms with Crippen molar-refractivity contribution in [2.75, 3.05) is 5.32 Å². The van der Waals surface area contributed by atoms with Crippen LogP contribution in [0.2, 0.25) is 0 Å². The van der Waals surface area contributed by atoms with Crippen LogP contribution in [0.1, 0.15) is 57.8 Å². The van der Waals surface area contributed by atoms with Crippen molar-refractivity contribution in [3.8, 4) is 0 Å². The summed E-state index contributed by atoms with van der Waals surface area (Å²) in [6.07, 6.45) is 2.19. The molecule has 0 unspecified atom stereocenters. The average Bonchev–Trinajstić information content (AvgIpc) is 3.12. The summed E-state index contributed by atoms with van der Waals surface area (Å²) in [4.78, 5) is 35.6. The lowest BCUT2D eigenvalue weighted by Gasteiger charge is -2.20. The summed E-state index contributed by atoms with van der Waals surface area (Å²) in [5.41, 5.74) is 4.27. The summed E-state index contributed by atoms with van der Waals surface area (Å²) in [6.45, 7) is 7.58. The zero-order valence-corrected chi connectivity index (χ0v) is 19.8. The molecule has 2 heterocycles. The predicted octanol–water partition coefficient (Wildman–Crippen LogP) is 4.77. The van der Waals surface area contributed by atoms with Crippen molar-refractivity contribution in [3.63, 3.8) is 0 Å². The van der Waals surface area contributed by atoms with Crippen LogP contribution in [0.25, 0.3) is 11.0 Å². The van der Waals surface area contributed by atoms with Crippen LogP contribution < -0.4 is 10.6 Å². The summed E-state index contributed by atoms with van der Waals surface area (Å²) in [6, 6.07) is 14.6. The van der Waals surface area contributed by atoms with Crippen molar-refractivity contribution in [1.29, 1.82) is 0 Å². The van der Waals surface area contributed by atoms with Crippen LogP contribution >= 0.6 is 11.5 Å². The van der Waals surface area contributed by atoms with E-state index < -0.39 is 0 Å². The lowest BCUT2D eigenvalue weighted by molar-refractivity contribution is 0.0918.